The highest BCUT2D eigenvalue weighted by molar-refractivity contribution is 5.85. The molecule has 1 amide bonds. The number of ether oxygens (including phenoxy) is 1. The van der Waals surface area contributed by atoms with Gasteiger partial charge in [-0.2, -0.15) is 18.2 Å². The number of alkyl halides is 3. The van der Waals surface area contributed by atoms with Crippen LogP contribution in [0.3, 0.4) is 0 Å². The first-order valence-electron chi connectivity index (χ1n) is 8.59. The zero-order valence-electron chi connectivity index (χ0n) is 16.2. The molecule has 0 saturated heterocycles. The maximum absolute atomic E-state index is 12.6. The van der Waals surface area contributed by atoms with E-state index in [1.54, 1.807) is 30.2 Å². The largest absolute Gasteiger partial charge is 0.471 e. The summed E-state index contributed by atoms with van der Waals surface area (Å²) < 4.78 is 47.2. The van der Waals surface area contributed by atoms with E-state index in [9.17, 15) is 18.0 Å². The van der Waals surface area contributed by atoms with E-state index in [-0.39, 0.29) is 18.1 Å². The SMILES string of the molecule is Cc1nc(-c2noc(C(F)(F)F)n2)ccc1NC(=O)OCc1cccnc1N(C)C. The number of halogens is 3. The average Bonchev–Trinajstić information content (AvgIpc) is 3.19. The van der Waals surface area contributed by atoms with Crippen LogP contribution in [-0.4, -0.2) is 40.3 Å². The maximum atomic E-state index is 12.6. The molecule has 1 N–H and O–H groups in total. The summed E-state index contributed by atoms with van der Waals surface area (Å²) in [6.45, 7) is 1.57. The van der Waals surface area contributed by atoms with Gasteiger partial charge in [0.15, 0.2) is 0 Å². The molecular weight excluding hydrogens is 405 g/mol. The number of nitrogens with one attached hydrogen (secondary N) is 1. The molecule has 3 aromatic rings. The van der Waals surface area contributed by atoms with Gasteiger partial charge < -0.3 is 14.2 Å². The minimum Gasteiger partial charge on any atom is -0.444 e. The van der Waals surface area contributed by atoms with Crippen LogP contribution in [0, 0.1) is 6.92 Å². The molecule has 12 heteroatoms. The van der Waals surface area contributed by atoms with Gasteiger partial charge >= 0.3 is 18.2 Å². The highest BCUT2D eigenvalue weighted by atomic mass is 19.4. The second-order valence-electron chi connectivity index (χ2n) is 6.33. The van der Waals surface area contributed by atoms with Crippen molar-refractivity contribution in [2.75, 3.05) is 24.3 Å². The normalized spacial score (nSPS) is 11.3. The number of carbonyl (C=O) groups excluding carboxylic acids is 1. The molecular formula is C18H17F3N6O3. The Morgan fingerprint density at radius 1 is 1.23 bits per heavy atom. The number of aromatic nitrogens is 4. The molecule has 30 heavy (non-hydrogen) atoms. The fraction of sp³-hybridized carbons (Fsp3) is 0.278. The predicted octanol–water partition coefficient (Wildman–Crippen LogP) is 3.67. The number of hydrogen-bond donors (Lipinski definition) is 1. The van der Waals surface area contributed by atoms with Crippen LogP contribution in [0.15, 0.2) is 35.0 Å². The lowest BCUT2D eigenvalue weighted by Gasteiger charge is -2.16. The van der Waals surface area contributed by atoms with Gasteiger partial charge in [0.1, 0.15) is 18.1 Å². The monoisotopic (exact) mass is 422 g/mol. The lowest BCUT2D eigenvalue weighted by atomic mass is 10.2. The van der Waals surface area contributed by atoms with E-state index in [4.69, 9.17) is 4.74 Å². The van der Waals surface area contributed by atoms with Gasteiger partial charge in [0.05, 0.1) is 11.4 Å². The smallest absolute Gasteiger partial charge is 0.444 e. The molecule has 158 valence electrons. The molecule has 0 saturated carbocycles. The number of rotatable bonds is 5. The second-order valence-corrected chi connectivity index (χ2v) is 6.33. The molecule has 0 atom stereocenters. The summed E-state index contributed by atoms with van der Waals surface area (Å²) in [4.78, 5) is 25.5. The van der Waals surface area contributed by atoms with Crippen molar-refractivity contribution in [1.29, 1.82) is 0 Å². The lowest BCUT2D eigenvalue weighted by molar-refractivity contribution is -0.159. The summed E-state index contributed by atoms with van der Waals surface area (Å²) in [7, 11) is 3.65. The lowest BCUT2D eigenvalue weighted by Crippen LogP contribution is -2.17. The van der Waals surface area contributed by atoms with Gasteiger partial charge in [-0.3, -0.25) is 5.32 Å². The summed E-state index contributed by atoms with van der Waals surface area (Å²) in [5, 5.41) is 5.81. The Labute approximate surface area is 168 Å². The first kappa shape index (κ1) is 21.0. The van der Waals surface area contributed by atoms with Gasteiger partial charge in [-0.15, -0.1) is 0 Å². The molecule has 9 nitrogen and oxygen atoms in total. The maximum Gasteiger partial charge on any atom is 0.471 e. The average molecular weight is 422 g/mol. The standard InChI is InChI=1S/C18H17F3N6O3/c1-10-12(6-7-13(23-10)14-25-16(30-26-14)18(19,20)21)24-17(28)29-9-11-5-4-8-22-15(11)27(2)3/h4-8H,9H2,1-3H3,(H,24,28). The number of amides is 1. The Balaban J connectivity index is 1.66. The third-order valence-corrected chi connectivity index (χ3v) is 3.87. The topological polar surface area (TPSA) is 106 Å². The van der Waals surface area contributed by atoms with Crippen LogP contribution >= 0.6 is 0 Å². The van der Waals surface area contributed by atoms with Crippen molar-refractivity contribution in [3.05, 3.63) is 47.6 Å². The third-order valence-electron chi connectivity index (χ3n) is 3.87. The molecule has 0 radical (unpaired) electrons. The zero-order chi connectivity index (χ0) is 21.9. The van der Waals surface area contributed by atoms with E-state index in [2.05, 4.69) is 29.9 Å². The van der Waals surface area contributed by atoms with Gasteiger partial charge in [0, 0.05) is 25.9 Å². The van der Waals surface area contributed by atoms with Crippen LogP contribution in [-0.2, 0) is 17.5 Å². The van der Waals surface area contributed by atoms with Crippen molar-refractivity contribution in [1.82, 2.24) is 20.1 Å². The van der Waals surface area contributed by atoms with Crippen molar-refractivity contribution < 1.29 is 27.2 Å². The molecule has 3 aromatic heterocycles. The molecule has 3 heterocycles. The molecule has 0 aliphatic heterocycles. The Kier molecular flexibility index (Phi) is 5.85. The number of carbonyl (C=O) groups is 1. The quantitative estimate of drug-likeness (QED) is 0.664. The van der Waals surface area contributed by atoms with Crippen LogP contribution in [0.1, 0.15) is 17.1 Å². The predicted molar refractivity (Wildman–Crippen MR) is 99.6 cm³/mol. The number of pyridine rings is 2. The molecule has 0 spiro atoms. The van der Waals surface area contributed by atoms with Crippen LogP contribution in [0.5, 0.6) is 0 Å². The van der Waals surface area contributed by atoms with Gasteiger partial charge in [-0.25, -0.2) is 14.8 Å². The Bertz CT molecular complexity index is 1050. The molecule has 0 aromatic carbocycles. The summed E-state index contributed by atoms with van der Waals surface area (Å²) in [5.41, 5.74) is 1.44. The fourth-order valence-electron chi connectivity index (χ4n) is 2.50. The van der Waals surface area contributed by atoms with Crippen molar-refractivity contribution in [3.8, 4) is 11.5 Å². The number of hydrogen-bond acceptors (Lipinski definition) is 8. The molecule has 0 bridgehead atoms. The molecule has 0 fully saturated rings. The van der Waals surface area contributed by atoms with Gasteiger partial charge in [-0.1, -0.05) is 11.2 Å². The second kappa shape index (κ2) is 8.35. The number of nitrogens with zero attached hydrogens (tertiary/aromatic N) is 5. The molecule has 0 unspecified atom stereocenters. The van der Waals surface area contributed by atoms with Gasteiger partial charge in [-0.05, 0) is 25.1 Å². The van der Waals surface area contributed by atoms with E-state index < -0.39 is 18.2 Å². The Morgan fingerprint density at radius 2 is 2.00 bits per heavy atom. The van der Waals surface area contributed by atoms with E-state index in [0.717, 1.165) is 5.56 Å². The molecule has 0 aliphatic carbocycles. The first-order valence-corrected chi connectivity index (χ1v) is 8.59. The van der Waals surface area contributed by atoms with E-state index in [0.29, 0.717) is 17.2 Å². The minimum absolute atomic E-state index is 0.000819. The van der Waals surface area contributed by atoms with Gasteiger partial charge in [0.2, 0.25) is 5.82 Å². The van der Waals surface area contributed by atoms with Crippen LogP contribution in [0.4, 0.5) is 29.5 Å². The van der Waals surface area contributed by atoms with Crippen LogP contribution in [0.2, 0.25) is 0 Å². The first-order chi connectivity index (χ1) is 14.1. The van der Waals surface area contributed by atoms with Crippen LogP contribution in [0.25, 0.3) is 11.5 Å². The van der Waals surface area contributed by atoms with E-state index >= 15 is 0 Å². The Hall–Kier alpha value is -3.70. The molecule has 3 rings (SSSR count). The number of anilines is 2. The summed E-state index contributed by atoms with van der Waals surface area (Å²) >= 11 is 0. The van der Waals surface area contributed by atoms with Crippen LogP contribution < -0.4 is 10.2 Å². The Morgan fingerprint density at radius 3 is 2.63 bits per heavy atom. The molecule has 0 aliphatic rings. The number of aryl methyl sites for hydroxylation is 1. The van der Waals surface area contributed by atoms with Crippen molar-refractivity contribution in [2.45, 2.75) is 19.7 Å². The summed E-state index contributed by atoms with van der Waals surface area (Å²) in [5.74, 6) is -1.10. The van der Waals surface area contributed by atoms with Crippen molar-refractivity contribution in [3.63, 3.8) is 0 Å². The third kappa shape index (κ3) is 4.82. The minimum atomic E-state index is -4.74. The van der Waals surface area contributed by atoms with Gasteiger partial charge in [0.25, 0.3) is 0 Å². The summed E-state index contributed by atoms with van der Waals surface area (Å²) in [6, 6.07) is 6.34. The van der Waals surface area contributed by atoms with E-state index in [1.807, 2.05) is 14.1 Å². The fourth-order valence-corrected chi connectivity index (χ4v) is 2.50. The zero-order valence-corrected chi connectivity index (χ0v) is 16.2. The van der Waals surface area contributed by atoms with E-state index in [1.165, 1.54) is 12.1 Å². The summed E-state index contributed by atoms with van der Waals surface area (Å²) in [6.07, 6.45) is -3.83. The highest BCUT2D eigenvalue weighted by Crippen LogP contribution is 2.29. The highest BCUT2D eigenvalue weighted by Gasteiger charge is 2.38. The van der Waals surface area contributed by atoms with Crippen molar-refractivity contribution >= 4 is 17.6 Å². The van der Waals surface area contributed by atoms with Crippen molar-refractivity contribution in [2.24, 2.45) is 0 Å².